The third kappa shape index (κ3) is 3.52. The number of carbonyl (C=O) groups is 1. The second kappa shape index (κ2) is 6.15. The van der Waals surface area contributed by atoms with Gasteiger partial charge in [-0.1, -0.05) is 24.6 Å². The van der Waals surface area contributed by atoms with Crippen LogP contribution in [0.5, 0.6) is 0 Å². The maximum Gasteiger partial charge on any atom is 0.241 e. The van der Waals surface area contributed by atoms with Crippen molar-refractivity contribution in [3.63, 3.8) is 0 Å². The average Bonchev–Trinajstić information content (AvgIpc) is 3.07. The van der Waals surface area contributed by atoms with E-state index in [-0.39, 0.29) is 18.5 Å². The Balaban J connectivity index is 1.72. The molecule has 23 heavy (non-hydrogen) atoms. The summed E-state index contributed by atoms with van der Waals surface area (Å²) in [5.74, 6) is 1.11. The van der Waals surface area contributed by atoms with Gasteiger partial charge in [0.05, 0.1) is 11.9 Å². The summed E-state index contributed by atoms with van der Waals surface area (Å²) in [6, 6.07) is 7.45. The van der Waals surface area contributed by atoms with E-state index in [0.29, 0.717) is 11.6 Å². The molecule has 126 valence electrons. The molecular formula is C17H24N2O3S. The smallest absolute Gasteiger partial charge is 0.241 e. The van der Waals surface area contributed by atoms with Gasteiger partial charge in [-0.3, -0.25) is 9.10 Å². The van der Waals surface area contributed by atoms with Gasteiger partial charge in [-0.2, -0.15) is 0 Å². The van der Waals surface area contributed by atoms with Crippen LogP contribution in [0.2, 0.25) is 0 Å². The lowest BCUT2D eigenvalue weighted by atomic mass is 9.95. The zero-order valence-electron chi connectivity index (χ0n) is 13.7. The molecule has 5 nitrogen and oxygen atoms in total. The Morgan fingerprint density at radius 3 is 2.57 bits per heavy atom. The number of aryl methyl sites for hydroxylation is 1. The molecule has 0 spiro atoms. The summed E-state index contributed by atoms with van der Waals surface area (Å²) in [4.78, 5) is 12.4. The summed E-state index contributed by atoms with van der Waals surface area (Å²) in [7, 11) is -3.51. The Morgan fingerprint density at radius 2 is 2.00 bits per heavy atom. The van der Waals surface area contributed by atoms with Gasteiger partial charge in [-0.25, -0.2) is 8.42 Å². The third-order valence-corrected chi connectivity index (χ3v) is 6.28. The van der Waals surface area contributed by atoms with Gasteiger partial charge in [0.1, 0.15) is 6.54 Å². The lowest BCUT2D eigenvalue weighted by Crippen LogP contribution is -2.45. The number of rotatable bonds is 5. The number of benzene rings is 1. The van der Waals surface area contributed by atoms with Crippen molar-refractivity contribution in [1.29, 1.82) is 0 Å². The monoisotopic (exact) mass is 336 g/mol. The van der Waals surface area contributed by atoms with E-state index in [1.54, 1.807) is 12.1 Å². The van der Waals surface area contributed by atoms with Crippen molar-refractivity contribution in [2.24, 2.45) is 11.8 Å². The minimum atomic E-state index is -3.51. The van der Waals surface area contributed by atoms with Gasteiger partial charge >= 0.3 is 0 Å². The lowest BCUT2D eigenvalue weighted by Gasteiger charge is -2.27. The summed E-state index contributed by atoms with van der Waals surface area (Å²) in [5, 5.41) is 3.06. The molecule has 0 heterocycles. The maximum atomic E-state index is 12.4. The van der Waals surface area contributed by atoms with E-state index in [1.165, 1.54) is 23.6 Å². The highest BCUT2D eigenvalue weighted by atomic mass is 32.2. The highest BCUT2D eigenvalue weighted by molar-refractivity contribution is 7.92. The summed E-state index contributed by atoms with van der Waals surface area (Å²) in [5.41, 5.74) is 1.41. The number of sulfonamides is 1. The van der Waals surface area contributed by atoms with Crippen molar-refractivity contribution in [3.05, 3.63) is 29.8 Å². The highest BCUT2D eigenvalue weighted by Gasteiger charge is 2.40. The first-order valence-corrected chi connectivity index (χ1v) is 10.0. The number of hydrogen-bond donors (Lipinski definition) is 1. The zero-order valence-corrected chi connectivity index (χ0v) is 14.5. The molecular weight excluding hydrogens is 312 g/mol. The summed E-state index contributed by atoms with van der Waals surface area (Å²) >= 11 is 0. The van der Waals surface area contributed by atoms with E-state index in [4.69, 9.17) is 0 Å². The van der Waals surface area contributed by atoms with Crippen LogP contribution < -0.4 is 9.62 Å². The standard InChI is InChI=1S/C17H24N2O3S/c1-12-5-3-4-6-16(12)19(23(2,21)22)11-17(20)18-15-10-13-7-8-14(15)9-13/h3-6,13-15H,7-11H2,1-2H3,(H,18,20). The van der Waals surface area contributed by atoms with Crippen LogP contribution in [0, 0.1) is 18.8 Å². The largest absolute Gasteiger partial charge is 0.352 e. The Hall–Kier alpha value is -1.56. The van der Waals surface area contributed by atoms with Crippen LogP contribution in [0.25, 0.3) is 0 Å². The van der Waals surface area contributed by atoms with E-state index in [9.17, 15) is 13.2 Å². The van der Waals surface area contributed by atoms with Crippen LogP contribution in [0.1, 0.15) is 31.2 Å². The van der Waals surface area contributed by atoms with Crippen LogP contribution in [0.4, 0.5) is 5.69 Å². The molecule has 0 radical (unpaired) electrons. The number of para-hydroxylation sites is 1. The minimum Gasteiger partial charge on any atom is -0.352 e. The molecule has 0 aromatic heterocycles. The molecule has 3 atom stereocenters. The van der Waals surface area contributed by atoms with Gasteiger partial charge in [0.25, 0.3) is 0 Å². The van der Waals surface area contributed by atoms with Crippen molar-refractivity contribution < 1.29 is 13.2 Å². The van der Waals surface area contributed by atoms with Crippen LogP contribution >= 0.6 is 0 Å². The fourth-order valence-corrected chi connectivity index (χ4v) is 4.94. The molecule has 2 aliphatic carbocycles. The molecule has 0 aliphatic heterocycles. The molecule has 3 rings (SSSR count). The van der Waals surface area contributed by atoms with E-state index in [0.717, 1.165) is 24.2 Å². The van der Waals surface area contributed by atoms with Gasteiger partial charge in [-0.15, -0.1) is 0 Å². The average molecular weight is 336 g/mol. The quantitative estimate of drug-likeness (QED) is 0.895. The van der Waals surface area contributed by atoms with Crippen molar-refractivity contribution >= 4 is 21.6 Å². The molecule has 0 saturated heterocycles. The van der Waals surface area contributed by atoms with Crippen molar-refractivity contribution in [2.75, 3.05) is 17.1 Å². The molecule has 2 fully saturated rings. The number of hydrogen-bond acceptors (Lipinski definition) is 3. The normalized spacial score (nSPS) is 26.3. The van der Waals surface area contributed by atoms with E-state index in [1.807, 2.05) is 19.1 Å². The van der Waals surface area contributed by atoms with E-state index >= 15 is 0 Å². The predicted octanol–water partition coefficient (Wildman–Crippen LogP) is 2.07. The number of nitrogens with one attached hydrogen (secondary N) is 1. The molecule has 1 N–H and O–H groups in total. The Kier molecular flexibility index (Phi) is 4.36. The number of amides is 1. The minimum absolute atomic E-state index is 0.155. The number of anilines is 1. The third-order valence-electron chi connectivity index (χ3n) is 5.16. The second-order valence-corrected chi connectivity index (χ2v) is 8.81. The first-order chi connectivity index (χ1) is 10.8. The lowest BCUT2D eigenvalue weighted by molar-refractivity contribution is -0.120. The summed E-state index contributed by atoms with van der Waals surface area (Å²) < 4.78 is 25.5. The predicted molar refractivity (Wildman–Crippen MR) is 90.7 cm³/mol. The molecule has 6 heteroatoms. The first-order valence-electron chi connectivity index (χ1n) is 8.17. The summed E-state index contributed by atoms with van der Waals surface area (Å²) in [6.07, 6.45) is 5.85. The molecule has 3 unspecified atom stereocenters. The van der Waals surface area contributed by atoms with E-state index in [2.05, 4.69) is 5.32 Å². The Bertz CT molecular complexity index is 702. The number of fused-ring (bicyclic) bond motifs is 2. The first kappa shape index (κ1) is 16.3. The second-order valence-electron chi connectivity index (χ2n) is 6.90. The molecule has 2 bridgehead atoms. The fraction of sp³-hybridized carbons (Fsp3) is 0.588. The highest BCUT2D eigenvalue weighted by Crippen LogP contribution is 2.44. The Labute approximate surface area is 138 Å². The van der Waals surface area contributed by atoms with Crippen LogP contribution in [0.3, 0.4) is 0 Å². The SMILES string of the molecule is Cc1ccccc1N(CC(=O)NC1CC2CCC1C2)S(C)(=O)=O. The topological polar surface area (TPSA) is 66.5 Å². The zero-order chi connectivity index (χ0) is 16.6. The van der Waals surface area contributed by atoms with Crippen molar-refractivity contribution in [1.82, 2.24) is 5.32 Å². The van der Waals surface area contributed by atoms with Gasteiger partial charge < -0.3 is 5.32 Å². The summed E-state index contributed by atoms with van der Waals surface area (Å²) in [6.45, 7) is 1.69. The molecule has 1 aromatic carbocycles. The fourth-order valence-electron chi connectivity index (χ4n) is 4.03. The van der Waals surface area contributed by atoms with Crippen molar-refractivity contribution in [2.45, 2.75) is 38.6 Å². The maximum absolute atomic E-state index is 12.4. The molecule has 1 amide bonds. The number of nitrogens with zero attached hydrogens (tertiary/aromatic N) is 1. The van der Waals surface area contributed by atoms with Crippen LogP contribution in [0.15, 0.2) is 24.3 Å². The molecule has 2 saturated carbocycles. The molecule has 1 aromatic rings. The molecule has 2 aliphatic rings. The number of carbonyl (C=O) groups excluding carboxylic acids is 1. The van der Waals surface area contributed by atoms with E-state index < -0.39 is 10.0 Å². The van der Waals surface area contributed by atoms with Gasteiger partial charge in [0.2, 0.25) is 15.9 Å². The van der Waals surface area contributed by atoms with Crippen LogP contribution in [-0.4, -0.2) is 33.2 Å². The van der Waals surface area contributed by atoms with Gasteiger partial charge in [-0.05, 0) is 49.7 Å². The van der Waals surface area contributed by atoms with Crippen LogP contribution in [-0.2, 0) is 14.8 Å². The van der Waals surface area contributed by atoms with Gasteiger partial charge in [0, 0.05) is 6.04 Å². The van der Waals surface area contributed by atoms with Gasteiger partial charge in [0.15, 0.2) is 0 Å². The Morgan fingerprint density at radius 1 is 1.26 bits per heavy atom. The van der Waals surface area contributed by atoms with Crippen molar-refractivity contribution in [3.8, 4) is 0 Å².